The molecule has 96 valence electrons. The van der Waals surface area contributed by atoms with Gasteiger partial charge in [0.05, 0.1) is 13.2 Å². The Hall–Kier alpha value is -2.02. The summed E-state index contributed by atoms with van der Waals surface area (Å²) in [7, 11) is 1.56. The maximum Gasteiger partial charge on any atom is 0.324 e. The van der Waals surface area contributed by atoms with E-state index in [4.69, 9.17) is 4.74 Å². The van der Waals surface area contributed by atoms with E-state index in [-0.39, 0.29) is 5.92 Å². The summed E-state index contributed by atoms with van der Waals surface area (Å²) in [5, 5.41) is 18.5. The molecule has 2 unspecified atom stereocenters. The van der Waals surface area contributed by atoms with Crippen molar-refractivity contribution in [1.29, 1.82) is 5.26 Å². The van der Waals surface area contributed by atoms with Gasteiger partial charge < -0.3 is 9.84 Å². The van der Waals surface area contributed by atoms with Crippen LogP contribution in [0, 0.1) is 16.7 Å². The van der Waals surface area contributed by atoms with Crippen LogP contribution in [0.5, 0.6) is 5.75 Å². The smallest absolute Gasteiger partial charge is 0.324 e. The molecule has 1 rings (SSSR count). The van der Waals surface area contributed by atoms with Gasteiger partial charge >= 0.3 is 5.97 Å². The molecule has 1 aromatic carbocycles. The zero-order valence-corrected chi connectivity index (χ0v) is 10.8. The minimum absolute atomic E-state index is 0.366. The van der Waals surface area contributed by atoms with E-state index in [1.807, 2.05) is 19.1 Å². The predicted octanol–water partition coefficient (Wildman–Crippen LogP) is 2.80. The second-order valence-electron chi connectivity index (χ2n) is 4.36. The zero-order chi connectivity index (χ0) is 13.8. The molecule has 4 heteroatoms. The third-order valence-corrected chi connectivity index (χ3v) is 3.28. The van der Waals surface area contributed by atoms with Gasteiger partial charge in [-0.1, -0.05) is 19.1 Å². The van der Waals surface area contributed by atoms with Gasteiger partial charge in [0.2, 0.25) is 0 Å². The van der Waals surface area contributed by atoms with Crippen LogP contribution in [0.1, 0.15) is 31.7 Å². The van der Waals surface area contributed by atoms with E-state index in [0.717, 1.165) is 5.56 Å². The summed E-state index contributed by atoms with van der Waals surface area (Å²) >= 11 is 0. The van der Waals surface area contributed by atoms with Gasteiger partial charge in [0.1, 0.15) is 5.75 Å². The van der Waals surface area contributed by atoms with Crippen molar-refractivity contribution in [2.24, 2.45) is 5.41 Å². The third-order valence-electron chi connectivity index (χ3n) is 3.28. The van der Waals surface area contributed by atoms with E-state index in [2.05, 4.69) is 0 Å². The van der Waals surface area contributed by atoms with Gasteiger partial charge in [0, 0.05) is 5.92 Å². The molecular weight excluding hydrogens is 230 g/mol. The number of nitrogens with zero attached hydrogens (tertiary/aromatic N) is 1. The second kappa shape index (κ2) is 5.54. The lowest BCUT2D eigenvalue weighted by molar-refractivity contribution is -0.145. The first kappa shape index (κ1) is 14.0. The summed E-state index contributed by atoms with van der Waals surface area (Å²) < 4.78 is 5.13. The quantitative estimate of drug-likeness (QED) is 0.868. The van der Waals surface area contributed by atoms with Crippen molar-refractivity contribution in [3.8, 4) is 11.8 Å². The normalized spacial score (nSPS) is 15.2. The average Bonchev–Trinajstić information content (AvgIpc) is 2.39. The highest BCUT2D eigenvalue weighted by atomic mass is 16.5. The van der Waals surface area contributed by atoms with Crippen LogP contribution in [0.3, 0.4) is 0 Å². The first-order chi connectivity index (χ1) is 8.49. The molecule has 0 amide bonds. The van der Waals surface area contributed by atoms with Crippen LogP contribution in [0.2, 0.25) is 0 Å². The number of hydrogen-bond donors (Lipinski definition) is 1. The molecule has 0 saturated carbocycles. The Morgan fingerprint density at radius 3 is 2.72 bits per heavy atom. The number of carboxylic acids is 1. The lowest BCUT2D eigenvalue weighted by Gasteiger charge is -2.27. The van der Waals surface area contributed by atoms with E-state index in [1.54, 1.807) is 25.3 Å². The summed E-state index contributed by atoms with van der Waals surface area (Å²) in [4.78, 5) is 11.3. The maximum atomic E-state index is 11.3. The highest BCUT2D eigenvalue weighted by Crippen LogP contribution is 2.39. The highest BCUT2D eigenvalue weighted by molar-refractivity contribution is 5.79. The van der Waals surface area contributed by atoms with Crippen LogP contribution < -0.4 is 4.74 Å². The Morgan fingerprint density at radius 1 is 1.61 bits per heavy atom. The fourth-order valence-corrected chi connectivity index (χ4v) is 2.11. The van der Waals surface area contributed by atoms with Crippen LogP contribution in [-0.2, 0) is 4.79 Å². The van der Waals surface area contributed by atoms with Gasteiger partial charge in [0.25, 0.3) is 0 Å². The standard InChI is InChI=1S/C14H17NO3/c1-4-12(14(2,9-15)13(16)17)10-6-5-7-11(8-10)18-3/h5-8,12H,4H2,1-3H3,(H,16,17). The van der Waals surface area contributed by atoms with Crippen LogP contribution in [-0.4, -0.2) is 18.2 Å². The molecule has 0 aromatic heterocycles. The number of benzene rings is 1. The van der Waals surface area contributed by atoms with Crippen molar-refractivity contribution in [2.75, 3.05) is 7.11 Å². The first-order valence-electron chi connectivity index (χ1n) is 5.78. The highest BCUT2D eigenvalue weighted by Gasteiger charge is 2.41. The number of hydrogen-bond acceptors (Lipinski definition) is 3. The molecule has 0 fully saturated rings. The van der Waals surface area contributed by atoms with Crippen molar-refractivity contribution in [3.05, 3.63) is 29.8 Å². The van der Waals surface area contributed by atoms with E-state index < -0.39 is 11.4 Å². The molecule has 0 bridgehead atoms. The first-order valence-corrected chi connectivity index (χ1v) is 5.78. The second-order valence-corrected chi connectivity index (χ2v) is 4.36. The minimum atomic E-state index is -1.43. The molecule has 0 spiro atoms. The average molecular weight is 247 g/mol. The molecule has 0 saturated heterocycles. The number of carbonyl (C=O) groups is 1. The van der Waals surface area contributed by atoms with Gasteiger partial charge in [-0.15, -0.1) is 0 Å². The molecule has 1 N–H and O–H groups in total. The molecule has 1 aromatic rings. The lowest BCUT2D eigenvalue weighted by atomic mass is 9.73. The van der Waals surface area contributed by atoms with Gasteiger partial charge in [0.15, 0.2) is 5.41 Å². The molecular formula is C14H17NO3. The van der Waals surface area contributed by atoms with Crippen molar-refractivity contribution >= 4 is 5.97 Å². The number of carboxylic acid groups (broad SMARTS) is 1. The van der Waals surface area contributed by atoms with Crippen LogP contribution >= 0.6 is 0 Å². The fraction of sp³-hybridized carbons (Fsp3) is 0.429. The molecule has 0 aliphatic carbocycles. The van der Waals surface area contributed by atoms with Gasteiger partial charge in [-0.25, -0.2) is 0 Å². The van der Waals surface area contributed by atoms with Crippen LogP contribution in [0.4, 0.5) is 0 Å². The minimum Gasteiger partial charge on any atom is -0.497 e. The summed E-state index contributed by atoms with van der Waals surface area (Å²) in [6, 6.07) is 9.13. The maximum absolute atomic E-state index is 11.3. The monoisotopic (exact) mass is 247 g/mol. The van der Waals surface area contributed by atoms with Crippen molar-refractivity contribution in [1.82, 2.24) is 0 Å². The van der Waals surface area contributed by atoms with Gasteiger partial charge in [-0.3, -0.25) is 4.79 Å². The molecule has 0 radical (unpaired) electrons. The lowest BCUT2D eigenvalue weighted by Crippen LogP contribution is -2.32. The summed E-state index contributed by atoms with van der Waals surface area (Å²) in [6.07, 6.45) is 0.573. The fourth-order valence-electron chi connectivity index (χ4n) is 2.11. The van der Waals surface area contributed by atoms with E-state index in [1.165, 1.54) is 6.92 Å². The largest absolute Gasteiger partial charge is 0.497 e. The number of nitriles is 1. The molecule has 4 nitrogen and oxygen atoms in total. The van der Waals surface area contributed by atoms with Crippen molar-refractivity contribution < 1.29 is 14.6 Å². The van der Waals surface area contributed by atoms with Crippen LogP contribution in [0.15, 0.2) is 24.3 Å². The zero-order valence-electron chi connectivity index (χ0n) is 10.8. The molecule has 18 heavy (non-hydrogen) atoms. The summed E-state index contributed by atoms with van der Waals surface area (Å²) in [5.74, 6) is -0.800. The Bertz CT molecular complexity index is 478. The molecule has 0 heterocycles. The summed E-state index contributed by atoms with van der Waals surface area (Å²) in [6.45, 7) is 3.34. The number of methoxy groups -OCH3 is 1. The Labute approximate surface area is 107 Å². The molecule has 0 aliphatic rings. The molecule has 2 atom stereocenters. The van der Waals surface area contributed by atoms with E-state index >= 15 is 0 Å². The Balaban J connectivity index is 3.25. The topological polar surface area (TPSA) is 70.3 Å². The Morgan fingerprint density at radius 2 is 2.28 bits per heavy atom. The van der Waals surface area contributed by atoms with Crippen molar-refractivity contribution in [2.45, 2.75) is 26.2 Å². The van der Waals surface area contributed by atoms with Crippen LogP contribution in [0.25, 0.3) is 0 Å². The van der Waals surface area contributed by atoms with E-state index in [9.17, 15) is 15.2 Å². The number of aliphatic carboxylic acids is 1. The van der Waals surface area contributed by atoms with Gasteiger partial charge in [-0.05, 0) is 31.0 Å². The number of rotatable bonds is 5. The van der Waals surface area contributed by atoms with E-state index in [0.29, 0.717) is 12.2 Å². The summed E-state index contributed by atoms with van der Waals surface area (Å²) in [5.41, 5.74) is -0.621. The van der Waals surface area contributed by atoms with Gasteiger partial charge in [-0.2, -0.15) is 5.26 Å². The predicted molar refractivity (Wildman–Crippen MR) is 67.4 cm³/mol. The Kier molecular flexibility index (Phi) is 4.33. The SMILES string of the molecule is CCC(c1cccc(OC)c1)C(C)(C#N)C(=O)O. The number of ether oxygens (including phenoxy) is 1. The molecule has 0 aliphatic heterocycles. The third kappa shape index (κ3) is 2.45. The van der Waals surface area contributed by atoms with Crippen molar-refractivity contribution in [3.63, 3.8) is 0 Å².